The first-order chi connectivity index (χ1) is 13.0. The van der Waals surface area contributed by atoms with Crippen molar-refractivity contribution in [2.24, 2.45) is 0 Å². The molecule has 4 rings (SSSR count). The topological polar surface area (TPSA) is 81.4 Å². The summed E-state index contributed by atoms with van der Waals surface area (Å²) in [7, 11) is 0. The third kappa shape index (κ3) is 3.19. The Labute approximate surface area is 156 Å². The molecule has 27 heavy (non-hydrogen) atoms. The molecule has 2 aromatic heterocycles. The number of nitrogens with zero attached hydrogens (tertiary/aromatic N) is 4. The SMILES string of the molecule is Cc1nnc2c(Nc3ccc(C(=O)OC(C)C)cc3)nc3ccccc3n12. The highest BCUT2D eigenvalue weighted by atomic mass is 16.5. The average Bonchev–Trinajstić information content (AvgIpc) is 3.04. The monoisotopic (exact) mass is 361 g/mol. The van der Waals surface area contributed by atoms with Gasteiger partial charge >= 0.3 is 5.97 Å². The lowest BCUT2D eigenvalue weighted by atomic mass is 10.2. The van der Waals surface area contributed by atoms with Crippen LogP contribution in [0.3, 0.4) is 0 Å². The molecule has 136 valence electrons. The molecule has 0 aliphatic rings. The normalized spacial score (nSPS) is 11.3. The van der Waals surface area contributed by atoms with Crippen LogP contribution < -0.4 is 5.32 Å². The molecule has 0 saturated carbocycles. The maximum Gasteiger partial charge on any atom is 0.338 e. The van der Waals surface area contributed by atoms with Gasteiger partial charge in [0.1, 0.15) is 5.82 Å². The van der Waals surface area contributed by atoms with Gasteiger partial charge in [-0.3, -0.25) is 4.40 Å². The number of fused-ring (bicyclic) bond motifs is 3. The van der Waals surface area contributed by atoms with Crippen LogP contribution in [0.4, 0.5) is 11.5 Å². The van der Waals surface area contributed by atoms with Gasteiger partial charge in [-0.1, -0.05) is 12.1 Å². The predicted molar refractivity (Wildman–Crippen MR) is 103 cm³/mol. The lowest BCUT2D eigenvalue weighted by molar-refractivity contribution is 0.0378. The number of hydrogen-bond donors (Lipinski definition) is 1. The zero-order valence-corrected chi connectivity index (χ0v) is 15.3. The molecule has 0 atom stereocenters. The van der Waals surface area contributed by atoms with E-state index in [4.69, 9.17) is 4.74 Å². The van der Waals surface area contributed by atoms with Crippen molar-refractivity contribution >= 4 is 34.2 Å². The molecule has 0 fully saturated rings. The number of rotatable bonds is 4. The summed E-state index contributed by atoms with van der Waals surface area (Å²) < 4.78 is 7.18. The standard InChI is InChI=1S/C20H19N5O2/c1-12(2)27-20(26)14-8-10-15(11-9-14)21-18-19-24-23-13(3)25(19)17-7-5-4-6-16(17)22-18/h4-12H,1-3H3,(H,21,22). The van der Waals surface area contributed by atoms with Gasteiger partial charge in [-0.2, -0.15) is 0 Å². The van der Waals surface area contributed by atoms with Gasteiger partial charge in [-0.25, -0.2) is 9.78 Å². The second-order valence-corrected chi connectivity index (χ2v) is 6.51. The highest BCUT2D eigenvalue weighted by molar-refractivity contribution is 5.90. The minimum atomic E-state index is -0.337. The molecule has 7 heteroatoms. The van der Waals surface area contributed by atoms with Crippen LogP contribution in [0.5, 0.6) is 0 Å². The number of carbonyl (C=O) groups excluding carboxylic acids is 1. The fourth-order valence-corrected chi connectivity index (χ4v) is 2.91. The number of esters is 1. The lowest BCUT2D eigenvalue weighted by Gasteiger charge is -2.11. The van der Waals surface area contributed by atoms with E-state index in [0.29, 0.717) is 17.0 Å². The zero-order chi connectivity index (χ0) is 19.0. The van der Waals surface area contributed by atoms with Crippen molar-refractivity contribution in [3.63, 3.8) is 0 Å². The van der Waals surface area contributed by atoms with Crippen LogP contribution in [0.25, 0.3) is 16.7 Å². The van der Waals surface area contributed by atoms with E-state index in [1.54, 1.807) is 12.1 Å². The van der Waals surface area contributed by atoms with Gasteiger partial charge in [0.25, 0.3) is 0 Å². The number of aromatic nitrogens is 4. The van der Waals surface area contributed by atoms with E-state index in [0.717, 1.165) is 22.5 Å². The Kier molecular flexibility index (Phi) is 4.19. The lowest BCUT2D eigenvalue weighted by Crippen LogP contribution is -2.11. The predicted octanol–water partition coefficient (Wildman–Crippen LogP) is 3.89. The number of anilines is 2. The van der Waals surface area contributed by atoms with Crippen LogP contribution in [0.2, 0.25) is 0 Å². The number of nitrogens with one attached hydrogen (secondary N) is 1. The molecule has 0 radical (unpaired) electrons. The van der Waals surface area contributed by atoms with Crippen molar-refractivity contribution in [3.8, 4) is 0 Å². The molecule has 2 heterocycles. The van der Waals surface area contributed by atoms with Crippen LogP contribution >= 0.6 is 0 Å². The summed E-state index contributed by atoms with van der Waals surface area (Å²) in [5.74, 6) is 1.06. The molecule has 7 nitrogen and oxygen atoms in total. The molecule has 0 spiro atoms. The molecule has 0 saturated heterocycles. The van der Waals surface area contributed by atoms with Crippen LogP contribution in [-0.4, -0.2) is 31.7 Å². The van der Waals surface area contributed by atoms with E-state index in [-0.39, 0.29) is 12.1 Å². The van der Waals surface area contributed by atoms with Gasteiger partial charge in [0.15, 0.2) is 5.82 Å². The number of hydrogen-bond acceptors (Lipinski definition) is 6. The van der Waals surface area contributed by atoms with E-state index in [1.807, 2.05) is 61.6 Å². The number of ether oxygens (including phenoxy) is 1. The Morgan fingerprint density at radius 1 is 1.07 bits per heavy atom. The number of carbonyl (C=O) groups is 1. The molecule has 0 amide bonds. The van der Waals surface area contributed by atoms with E-state index in [2.05, 4.69) is 20.5 Å². The van der Waals surface area contributed by atoms with Crippen molar-refractivity contribution in [1.29, 1.82) is 0 Å². The largest absolute Gasteiger partial charge is 0.459 e. The van der Waals surface area contributed by atoms with E-state index in [9.17, 15) is 4.79 Å². The van der Waals surface area contributed by atoms with Crippen LogP contribution in [-0.2, 0) is 4.74 Å². The Morgan fingerprint density at radius 2 is 1.81 bits per heavy atom. The molecule has 4 aromatic rings. The van der Waals surface area contributed by atoms with Gasteiger partial charge in [-0.05, 0) is 57.2 Å². The van der Waals surface area contributed by atoms with Crippen LogP contribution in [0.15, 0.2) is 48.5 Å². The summed E-state index contributed by atoms with van der Waals surface area (Å²) in [6, 6.07) is 14.9. The van der Waals surface area contributed by atoms with Crippen molar-refractivity contribution in [2.75, 3.05) is 5.32 Å². The highest BCUT2D eigenvalue weighted by Gasteiger charge is 2.14. The fourth-order valence-electron chi connectivity index (χ4n) is 2.91. The minimum absolute atomic E-state index is 0.151. The first-order valence-electron chi connectivity index (χ1n) is 8.71. The molecule has 2 aromatic carbocycles. The minimum Gasteiger partial charge on any atom is -0.459 e. The van der Waals surface area contributed by atoms with Gasteiger partial charge in [0.2, 0.25) is 5.65 Å². The van der Waals surface area contributed by atoms with Crippen molar-refractivity contribution in [3.05, 3.63) is 59.9 Å². The smallest absolute Gasteiger partial charge is 0.338 e. The Morgan fingerprint density at radius 3 is 2.56 bits per heavy atom. The number of benzene rings is 2. The second-order valence-electron chi connectivity index (χ2n) is 6.51. The number of para-hydroxylation sites is 2. The molecular weight excluding hydrogens is 342 g/mol. The zero-order valence-electron chi connectivity index (χ0n) is 15.3. The molecule has 0 bridgehead atoms. The summed E-state index contributed by atoms with van der Waals surface area (Å²) in [6.45, 7) is 5.56. The quantitative estimate of drug-likeness (QED) is 0.555. The Hall–Kier alpha value is -3.48. The molecule has 0 unspecified atom stereocenters. The third-order valence-electron chi connectivity index (χ3n) is 4.12. The van der Waals surface area contributed by atoms with Crippen molar-refractivity contribution in [1.82, 2.24) is 19.6 Å². The fraction of sp³-hybridized carbons (Fsp3) is 0.200. The molecule has 0 aliphatic heterocycles. The van der Waals surface area contributed by atoms with Gasteiger partial charge in [-0.15, -0.1) is 10.2 Å². The third-order valence-corrected chi connectivity index (χ3v) is 4.12. The van der Waals surface area contributed by atoms with Gasteiger partial charge in [0, 0.05) is 5.69 Å². The average molecular weight is 361 g/mol. The first-order valence-corrected chi connectivity index (χ1v) is 8.71. The van der Waals surface area contributed by atoms with Gasteiger partial charge < -0.3 is 10.1 Å². The van der Waals surface area contributed by atoms with E-state index >= 15 is 0 Å². The summed E-state index contributed by atoms with van der Waals surface area (Å²) in [5.41, 5.74) is 3.74. The molecule has 0 aliphatic carbocycles. The Balaban J connectivity index is 1.70. The van der Waals surface area contributed by atoms with Crippen molar-refractivity contribution in [2.45, 2.75) is 26.9 Å². The second kappa shape index (κ2) is 6.68. The summed E-state index contributed by atoms with van der Waals surface area (Å²) in [4.78, 5) is 16.7. The van der Waals surface area contributed by atoms with Gasteiger partial charge in [0.05, 0.1) is 22.7 Å². The Bertz CT molecular complexity index is 1130. The maximum atomic E-state index is 12.0. The highest BCUT2D eigenvalue weighted by Crippen LogP contribution is 2.24. The summed E-state index contributed by atoms with van der Waals surface area (Å²) >= 11 is 0. The number of aryl methyl sites for hydroxylation is 1. The van der Waals surface area contributed by atoms with E-state index < -0.39 is 0 Å². The van der Waals surface area contributed by atoms with Crippen molar-refractivity contribution < 1.29 is 9.53 Å². The molecular formula is C20H19N5O2. The first kappa shape index (κ1) is 17.0. The summed E-state index contributed by atoms with van der Waals surface area (Å²) in [6.07, 6.45) is -0.151. The van der Waals surface area contributed by atoms with E-state index in [1.165, 1.54) is 0 Å². The van der Waals surface area contributed by atoms with Crippen LogP contribution in [0, 0.1) is 6.92 Å². The molecule has 1 N–H and O–H groups in total. The van der Waals surface area contributed by atoms with Crippen LogP contribution in [0.1, 0.15) is 30.0 Å². The maximum absolute atomic E-state index is 12.0. The summed E-state index contributed by atoms with van der Waals surface area (Å²) in [5, 5.41) is 11.7.